The summed E-state index contributed by atoms with van der Waals surface area (Å²) in [6, 6.07) is 6.23. The van der Waals surface area contributed by atoms with E-state index in [9.17, 15) is 4.39 Å². The molecule has 0 atom stereocenters. The molecule has 0 bridgehead atoms. The lowest BCUT2D eigenvalue weighted by molar-refractivity contribution is 0.457. The van der Waals surface area contributed by atoms with Gasteiger partial charge in [-0.3, -0.25) is 0 Å². The fourth-order valence-corrected chi connectivity index (χ4v) is 1.74. The largest absolute Gasteiger partial charge is 0.439 e. The van der Waals surface area contributed by atoms with Crippen LogP contribution < -0.4 is 4.74 Å². The number of aromatic nitrogens is 2. The van der Waals surface area contributed by atoms with Crippen LogP contribution in [0.1, 0.15) is 25.5 Å². The maximum atomic E-state index is 13.1. The summed E-state index contributed by atoms with van der Waals surface area (Å²) < 4.78 is 19.0. The molecule has 0 amide bonds. The van der Waals surface area contributed by atoms with E-state index in [0.29, 0.717) is 22.0 Å². The minimum absolute atomic E-state index is 0.301. The molecular weight excluding hydrogens is 299 g/mol. The fourth-order valence-electron chi connectivity index (χ4n) is 1.39. The van der Waals surface area contributed by atoms with Gasteiger partial charge in [-0.2, -0.15) is 0 Å². The first-order chi connectivity index (χ1) is 8.56. The molecule has 18 heavy (non-hydrogen) atoms. The highest BCUT2D eigenvalue weighted by atomic mass is 79.9. The van der Waals surface area contributed by atoms with Crippen LogP contribution in [0, 0.1) is 5.82 Å². The molecule has 2 rings (SSSR count). The third-order valence-corrected chi connectivity index (χ3v) is 2.98. The topological polar surface area (TPSA) is 35.0 Å². The maximum absolute atomic E-state index is 13.1. The fraction of sp³-hybridized carbons (Fsp3) is 0.231. The minimum atomic E-state index is -0.326. The van der Waals surface area contributed by atoms with Gasteiger partial charge >= 0.3 is 0 Å². The number of halogens is 2. The third kappa shape index (κ3) is 3.04. The molecule has 0 aliphatic heterocycles. The number of benzene rings is 1. The first-order valence-electron chi connectivity index (χ1n) is 5.51. The van der Waals surface area contributed by atoms with Crippen LogP contribution >= 0.6 is 15.9 Å². The molecule has 1 aromatic heterocycles. The second kappa shape index (κ2) is 5.44. The van der Waals surface area contributed by atoms with E-state index in [1.54, 1.807) is 18.2 Å². The van der Waals surface area contributed by atoms with Crippen molar-refractivity contribution in [3.8, 4) is 11.6 Å². The van der Waals surface area contributed by atoms with E-state index >= 15 is 0 Å². The van der Waals surface area contributed by atoms with Gasteiger partial charge in [0.05, 0.1) is 10.2 Å². The van der Waals surface area contributed by atoms with Crippen LogP contribution in [0.15, 0.2) is 35.1 Å². The SMILES string of the molecule is CC(C)c1cc(Oc2ccc(F)c(Br)c2)ncn1. The molecule has 0 N–H and O–H groups in total. The Bertz CT molecular complexity index is 560. The molecule has 5 heteroatoms. The highest BCUT2D eigenvalue weighted by Crippen LogP contribution is 2.26. The Kier molecular flexibility index (Phi) is 3.91. The normalized spacial score (nSPS) is 10.7. The van der Waals surface area contributed by atoms with Gasteiger partial charge in [0.25, 0.3) is 0 Å². The molecule has 0 fully saturated rings. The summed E-state index contributed by atoms with van der Waals surface area (Å²) in [5, 5.41) is 0. The Balaban J connectivity index is 2.23. The van der Waals surface area contributed by atoms with Crippen molar-refractivity contribution < 1.29 is 9.13 Å². The second-order valence-corrected chi connectivity index (χ2v) is 4.97. The van der Waals surface area contributed by atoms with Gasteiger partial charge in [0, 0.05) is 6.07 Å². The summed E-state index contributed by atoms with van der Waals surface area (Å²) in [5.74, 6) is 0.951. The van der Waals surface area contributed by atoms with Crippen molar-refractivity contribution in [3.63, 3.8) is 0 Å². The van der Waals surface area contributed by atoms with Crippen LogP contribution in [0.4, 0.5) is 4.39 Å². The first kappa shape index (κ1) is 13.0. The maximum Gasteiger partial charge on any atom is 0.222 e. The molecule has 0 unspecified atom stereocenters. The Morgan fingerprint density at radius 3 is 2.67 bits per heavy atom. The highest BCUT2D eigenvalue weighted by Gasteiger charge is 2.06. The van der Waals surface area contributed by atoms with Gasteiger partial charge in [-0.05, 0) is 40.0 Å². The molecule has 0 radical (unpaired) electrons. The van der Waals surface area contributed by atoms with E-state index in [4.69, 9.17) is 4.74 Å². The van der Waals surface area contributed by atoms with Crippen molar-refractivity contribution in [2.45, 2.75) is 19.8 Å². The van der Waals surface area contributed by atoms with Crippen LogP contribution in [0.2, 0.25) is 0 Å². The lowest BCUT2D eigenvalue weighted by Gasteiger charge is -2.08. The molecule has 0 aliphatic carbocycles. The van der Waals surface area contributed by atoms with Crippen LogP contribution in [-0.2, 0) is 0 Å². The third-order valence-electron chi connectivity index (χ3n) is 2.37. The summed E-state index contributed by atoms with van der Waals surface area (Å²) >= 11 is 3.11. The number of hydrogen-bond acceptors (Lipinski definition) is 3. The zero-order valence-electron chi connectivity index (χ0n) is 10.0. The van der Waals surface area contributed by atoms with Crippen molar-refractivity contribution in [1.82, 2.24) is 9.97 Å². The molecular formula is C13H12BrFN2O. The van der Waals surface area contributed by atoms with Gasteiger partial charge in [-0.15, -0.1) is 0 Å². The van der Waals surface area contributed by atoms with Crippen LogP contribution in [-0.4, -0.2) is 9.97 Å². The van der Waals surface area contributed by atoms with E-state index in [0.717, 1.165) is 5.69 Å². The molecule has 3 nitrogen and oxygen atoms in total. The number of hydrogen-bond donors (Lipinski definition) is 0. The molecule has 0 aliphatic rings. The summed E-state index contributed by atoms with van der Waals surface area (Å²) in [7, 11) is 0. The van der Waals surface area contributed by atoms with E-state index in [2.05, 4.69) is 25.9 Å². The summed E-state index contributed by atoms with van der Waals surface area (Å²) in [6.07, 6.45) is 1.46. The van der Waals surface area contributed by atoms with Gasteiger partial charge in [0.2, 0.25) is 5.88 Å². The average Bonchev–Trinajstić information content (AvgIpc) is 2.34. The predicted octanol–water partition coefficient (Wildman–Crippen LogP) is 4.29. The monoisotopic (exact) mass is 310 g/mol. The molecule has 1 aromatic carbocycles. The van der Waals surface area contributed by atoms with Crippen molar-refractivity contribution in [2.24, 2.45) is 0 Å². The van der Waals surface area contributed by atoms with Gasteiger partial charge in [-0.25, -0.2) is 14.4 Å². The first-order valence-corrected chi connectivity index (χ1v) is 6.30. The Labute approximate surface area is 113 Å². The molecule has 0 spiro atoms. The smallest absolute Gasteiger partial charge is 0.222 e. The molecule has 2 aromatic rings. The highest BCUT2D eigenvalue weighted by molar-refractivity contribution is 9.10. The van der Waals surface area contributed by atoms with Gasteiger partial charge in [0.15, 0.2) is 0 Å². The zero-order valence-corrected chi connectivity index (χ0v) is 11.6. The second-order valence-electron chi connectivity index (χ2n) is 4.11. The van der Waals surface area contributed by atoms with Crippen molar-refractivity contribution >= 4 is 15.9 Å². The van der Waals surface area contributed by atoms with E-state index in [1.807, 2.05) is 13.8 Å². The van der Waals surface area contributed by atoms with Gasteiger partial charge < -0.3 is 4.74 Å². The zero-order chi connectivity index (χ0) is 13.1. The predicted molar refractivity (Wildman–Crippen MR) is 70.3 cm³/mol. The molecule has 0 saturated heterocycles. The summed E-state index contributed by atoms with van der Waals surface area (Å²) in [5.41, 5.74) is 0.904. The van der Waals surface area contributed by atoms with Gasteiger partial charge in [0.1, 0.15) is 17.9 Å². The molecule has 94 valence electrons. The van der Waals surface area contributed by atoms with Gasteiger partial charge in [-0.1, -0.05) is 13.8 Å². The van der Waals surface area contributed by atoms with E-state index in [-0.39, 0.29) is 5.82 Å². The Morgan fingerprint density at radius 2 is 2.00 bits per heavy atom. The van der Waals surface area contributed by atoms with Crippen molar-refractivity contribution in [1.29, 1.82) is 0 Å². The average molecular weight is 311 g/mol. The molecule has 1 heterocycles. The van der Waals surface area contributed by atoms with Crippen LogP contribution in [0.25, 0.3) is 0 Å². The lowest BCUT2D eigenvalue weighted by Crippen LogP contribution is -1.96. The number of ether oxygens (including phenoxy) is 1. The van der Waals surface area contributed by atoms with Crippen molar-refractivity contribution in [2.75, 3.05) is 0 Å². The lowest BCUT2D eigenvalue weighted by atomic mass is 10.1. The summed E-state index contributed by atoms with van der Waals surface area (Å²) in [4.78, 5) is 8.18. The number of rotatable bonds is 3. The minimum Gasteiger partial charge on any atom is -0.439 e. The molecule has 0 saturated carbocycles. The van der Waals surface area contributed by atoms with Crippen LogP contribution in [0.3, 0.4) is 0 Å². The Hall–Kier alpha value is -1.49. The quantitative estimate of drug-likeness (QED) is 0.848. The van der Waals surface area contributed by atoms with E-state index < -0.39 is 0 Å². The number of nitrogens with zero attached hydrogens (tertiary/aromatic N) is 2. The van der Waals surface area contributed by atoms with Crippen LogP contribution in [0.5, 0.6) is 11.6 Å². The Morgan fingerprint density at radius 1 is 1.22 bits per heavy atom. The van der Waals surface area contributed by atoms with Crippen molar-refractivity contribution in [3.05, 3.63) is 46.6 Å². The summed E-state index contributed by atoms with van der Waals surface area (Å²) in [6.45, 7) is 4.08. The standard InChI is InChI=1S/C13H12BrFN2O/c1-8(2)12-6-13(17-7-16-12)18-9-3-4-11(15)10(14)5-9/h3-8H,1-2H3. The van der Waals surface area contributed by atoms with E-state index in [1.165, 1.54) is 12.4 Å².